The van der Waals surface area contributed by atoms with Gasteiger partial charge in [0.2, 0.25) is 0 Å². The Labute approximate surface area is 102 Å². The number of nitrogens with one attached hydrogen (secondary N) is 1. The van der Waals surface area contributed by atoms with Gasteiger partial charge in [-0.3, -0.25) is 4.90 Å². The van der Waals surface area contributed by atoms with E-state index >= 15 is 0 Å². The lowest BCUT2D eigenvalue weighted by Crippen LogP contribution is -2.67. The Morgan fingerprint density at radius 3 is 2.29 bits per heavy atom. The van der Waals surface area contributed by atoms with Crippen LogP contribution in [0.15, 0.2) is 0 Å². The maximum atomic E-state index is 12.3. The second-order valence-corrected chi connectivity index (χ2v) is 5.87. The second kappa shape index (κ2) is 4.76. The van der Waals surface area contributed by atoms with E-state index in [1.165, 1.54) is 0 Å². The largest absolute Gasteiger partial charge is 0.390 e. The zero-order chi connectivity index (χ0) is 13.3. The first-order chi connectivity index (χ1) is 7.58. The summed E-state index contributed by atoms with van der Waals surface area (Å²) in [6.07, 6.45) is -3.87. The van der Waals surface area contributed by atoms with Crippen LogP contribution in [0.5, 0.6) is 0 Å². The number of alkyl halides is 3. The average Bonchev–Trinajstić information content (AvgIpc) is 2.19. The maximum Gasteiger partial charge on any atom is 0.390 e. The molecule has 0 radical (unpaired) electrons. The third-order valence-corrected chi connectivity index (χ3v) is 3.79. The lowest BCUT2D eigenvalue weighted by Gasteiger charge is -2.50. The molecule has 1 aliphatic rings. The molecular formula is C12H23F3N2. The first-order valence-electron chi connectivity index (χ1n) is 6.15. The molecule has 1 rings (SSSR count). The normalized spacial score (nSPS) is 30.5. The Kier molecular flexibility index (Phi) is 4.14. The van der Waals surface area contributed by atoms with Crippen LogP contribution in [0.25, 0.3) is 0 Å². The van der Waals surface area contributed by atoms with Crippen LogP contribution >= 0.6 is 0 Å². The quantitative estimate of drug-likeness (QED) is 0.831. The molecule has 0 amide bonds. The fourth-order valence-electron chi connectivity index (χ4n) is 2.11. The predicted octanol–water partition coefficient (Wildman–Crippen LogP) is 2.79. The summed E-state index contributed by atoms with van der Waals surface area (Å²) in [5.74, 6) is 0. The van der Waals surface area contributed by atoms with Gasteiger partial charge < -0.3 is 5.32 Å². The molecule has 102 valence electrons. The average molecular weight is 252 g/mol. The van der Waals surface area contributed by atoms with Crippen LogP contribution in [0.2, 0.25) is 0 Å². The number of hydrogen-bond donors (Lipinski definition) is 1. The minimum absolute atomic E-state index is 0.0683. The minimum atomic E-state index is -4.07. The van der Waals surface area contributed by atoms with Gasteiger partial charge in [0.25, 0.3) is 0 Å². The SMILES string of the molecule is CCC1(C)CN(CCC(F)(F)F)C(C)(C)CN1. The van der Waals surface area contributed by atoms with E-state index in [4.69, 9.17) is 0 Å². The number of rotatable bonds is 3. The molecule has 1 heterocycles. The van der Waals surface area contributed by atoms with Gasteiger partial charge in [-0.05, 0) is 27.2 Å². The number of nitrogens with zero attached hydrogens (tertiary/aromatic N) is 1. The van der Waals surface area contributed by atoms with E-state index in [0.29, 0.717) is 6.54 Å². The van der Waals surface area contributed by atoms with Crippen molar-refractivity contribution in [3.63, 3.8) is 0 Å². The van der Waals surface area contributed by atoms with Crippen molar-refractivity contribution in [1.29, 1.82) is 0 Å². The topological polar surface area (TPSA) is 15.3 Å². The number of halogens is 3. The lowest BCUT2D eigenvalue weighted by molar-refractivity contribution is -0.143. The highest BCUT2D eigenvalue weighted by atomic mass is 19.4. The summed E-state index contributed by atoms with van der Waals surface area (Å²) in [5, 5.41) is 3.44. The third kappa shape index (κ3) is 4.14. The molecule has 0 aromatic rings. The molecule has 1 atom stereocenters. The molecule has 0 bridgehead atoms. The van der Waals surface area contributed by atoms with Crippen LogP contribution in [0.1, 0.15) is 40.5 Å². The van der Waals surface area contributed by atoms with E-state index in [-0.39, 0.29) is 17.6 Å². The van der Waals surface area contributed by atoms with Crippen molar-refractivity contribution in [3.05, 3.63) is 0 Å². The van der Waals surface area contributed by atoms with Crippen molar-refractivity contribution in [2.45, 2.75) is 57.8 Å². The van der Waals surface area contributed by atoms with Crippen molar-refractivity contribution < 1.29 is 13.2 Å². The summed E-state index contributed by atoms with van der Waals surface area (Å²) in [7, 11) is 0. The monoisotopic (exact) mass is 252 g/mol. The Bertz CT molecular complexity index is 263. The molecule has 0 saturated carbocycles. The molecule has 1 N–H and O–H groups in total. The van der Waals surface area contributed by atoms with Gasteiger partial charge in [0, 0.05) is 30.7 Å². The highest BCUT2D eigenvalue weighted by Crippen LogP contribution is 2.28. The zero-order valence-electron chi connectivity index (χ0n) is 11.1. The Hall–Kier alpha value is -0.290. The summed E-state index contributed by atoms with van der Waals surface area (Å²) in [6, 6.07) is 0. The molecule has 1 fully saturated rings. The van der Waals surface area contributed by atoms with Gasteiger partial charge in [-0.25, -0.2) is 0 Å². The molecule has 17 heavy (non-hydrogen) atoms. The van der Waals surface area contributed by atoms with Gasteiger partial charge in [0.1, 0.15) is 0 Å². The van der Waals surface area contributed by atoms with Gasteiger partial charge in [-0.2, -0.15) is 13.2 Å². The Morgan fingerprint density at radius 1 is 1.24 bits per heavy atom. The fraction of sp³-hybridized carbons (Fsp3) is 1.00. The summed E-state index contributed by atoms with van der Waals surface area (Å²) in [6.45, 7) is 9.61. The molecular weight excluding hydrogens is 229 g/mol. The van der Waals surface area contributed by atoms with Gasteiger partial charge in [-0.15, -0.1) is 0 Å². The fourth-order valence-corrected chi connectivity index (χ4v) is 2.11. The summed E-state index contributed by atoms with van der Waals surface area (Å²) >= 11 is 0. The lowest BCUT2D eigenvalue weighted by atomic mass is 9.88. The molecule has 0 aromatic heterocycles. The van der Waals surface area contributed by atoms with E-state index < -0.39 is 12.6 Å². The van der Waals surface area contributed by atoms with Crippen molar-refractivity contribution in [3.8, 4) is 0 Å². The molecule has 5 heteroatoms. The highest BCUT2D eigenvalue weighted by molar-refractivity contribution is 4.99. The number of hydrogen-bond acceptors (Lipinski definition) is 2. The molecule has 0 aromatic carbocycles. The van der Waals surface area contributed by atoms with E-state index in [1.807, 2.05) is 18.7 Å². The van der Waals surface area contributed by atoms with Crippen LogP contribution in [0, 0.1) is 0 Å². The van der Waals surface area contributed by atoms with Crippen molar-refractivity contribution >= 4 is 0 Å². The van der Waals surface area contributed by atoms with Crippen molar-refractivity contribution in [2.75, 3.05) is 19.6 Å². The second-order valence-electron chi connectivity index (χ2n) is 5.87. The standard InChI is InChI=1S/C12H23F3N2/c1-5-11(4)9-17(7-6-12(13,14)15)10(2,3)8-16-11/h16H,5-9H2,1-4H3. The van der Waals surface area contributed by atoms with E-state index in [0.717, 1.165) is 13.0 Å². The minimum Gasteiger partial charge on any atom is -0.308 e. The molecule has 0 spiro atoms. The van der Waals surface area contributed by atoms with Gasteiger partial charge in [0.15, 0.2) is 0 Å². The molecule has 1 saturated heterocycles. The highest BCUT2D eigenvalue weighted by Gasteiger charge is 2.40. The molecule has 1 aliphatic heterocycles. The van der Waals surface area contributed by atoms with Gasteiger partial charge in [0.05, 0.1) is 6.42 Å². The van der Waals surface area contributed by atoms with Crippen molar-refractivity contribution in [1.82, 2.24) is 10.2 Å². The van der Waals surface area contributed by atoms with Crippen LogP contribution in [-0.2, 0) is 0 Å². The number of piperazine rings is 1. The van der Waals surface area contributed by atoms with E-state index in [9.17, 15) is 13.2 Å². The summed E-state index contributed by atoms with van der Waals surface area (Å²) < 4.78 is 36.9. The van der Waals surface area contributed by atoms with E-state index in [1.54, 1.807) is 0 Å². The third-order valence-electron chi connectivity index (χ3n) is 3.79. The zero-order valence-corrected chi connectivity index (χ0v) is 11.1. The molecule has 1 unspecified atom stereocenters. The summed E-state index contributed by atoms with van der Waals surface area (Å²) in [5.41, 5.74) is -0.277. The van der Waals surface area contributed by atoms with Crippen LogP contribution in [0.4, 0.5) is 13.2 Å². The first-order valence-corrected chi connectivity index (χ1v) is 6.15. The van der Waals surface area contributed by atoms with Gasteiger partial charge >= 0.3 is 6.18 Å². The smallest absolute Gasteiger partial charge is 0.308 e. The Morgan fingerprint density at radius 2 is 1.82 bits per heavy atom. The van der Waals surface area contributed by atoms with Crippen LogP contribution < -0.4 is 5.32 Å². The Balaban J connectivity index is 2.65. The van der Waals surface area contributed by atoms with Crippen molar-refractivity contribution in [2.24, 2.45) is 0 Å². The van der Waals surface area contributed by atoms with E-state index in [2.05, 4.69) is 19.2 Å². The molecule has 0 aliphatic carbocycles. The van der Waals surface area contributed by atoms with Gasteiger partial charge in [-0.1, -0.05) is 6.92 Å². The summed E-state index contributed by atoms with van der Waals surface area (Å²) in [4.78, 5) is 1.96. The first kappa shape index (κ1) is 14.8. The molecule has 2 nitrogen and oxygen atoms in total. The van der Waals surface area contributed by atoms with Crippen LogP contribution in [0.3, 0.4) is 0 Å². The maximum absolute atomic E-state index is 12.3. The van der Waals surface area contributed by atoms with Crippen LogP contribution in [-0.4, -0.2) is 41.8 Å². The predicted molar refractivity (Wildman–Crippen MR) is 63.0 cm³/mol.